The molecular formula is C17H20FN3O2. The van der Waals surface area contributed by atoms with Crippen LogP contribution in [0, 0.1) is 5.82 Å². The van der Waals surface area contributed by atoms with Gasteiger partial charge in [-0.2, -0.15) is 0 Å². The van der Waals surface area contributed by atoms with E-state index in [4.69, 9.17) is 15.6 Å². The fourth-order valence-electron chi connectivity index (χ4n) is 2.01. The van der Waals surface area contributed by atoms with Crippen molar-refractivity contribution in [2.45, 2.75) is 13.0 Å². The second kappa shape index (κ2) is 8.03. The molecule has 0 aliphatic carbocycles. The van der Waals surface area contributed by atoms with Crippen LogP contribution >= 0.6 is 0 Å². The lowest BCUT2D eigenvalue weighted by molar-refractivity contribution is 0.414. The SMILES string of the molecule is COc1ccc(CCNC(N)=NCc2ccc(O)c(F)c2)cc1. The van der Waals surface area contributed by atoms with Gasteiger partial charge in [0.2, 0.25) is 0 Å². The Balaban J connectivity index is 1.79. The second-order valence-corrected chi connectivity index (χ2v) is 5.01. The fraction of sp³-hybridized carbons (Fsp3) is 0.235. The Kier molecular flexibility index (Phi) is 5.80. The molecule has 2 aromatic carbocycles. The molecule has 0 heterocycles. The first kappa shape index (κ1) is 16.6. The molecule has 0 aliphatic heterocycles. The highest BCUT2D eigenvalue weighted by atomic mass is 19.1. The molecule has 0 saturated heterocycles. The van der Waals surface area contributed by atoms with Crippen LogP contribution in [0.5, 0.6) is 11.5 Å². The predicted octanol–water partition coefficient (Wildman–Crippen LogP) is 2.19. The highest BCUT2D eigenvalue weighted by Gasteiger charge is 2.01. The molecule has 0 saturated carbocycles. The van der Waals surface area contributed by atoms with Crippen LogP contribution in [0.25, 0.3) is 0 Å². The minimum Gasteiger partial charge on any atom is -0.505 e. The summed E-state index contributed by atoms with van der Waals surface area (Å²) in [4.78, 5) is 4.14. The third-order valence-electron chi connectivity index (χ3n) is 3.32. The topological polar surface area (TPSA) is 79.9 Å². The number of hydrogen-bond donors (Lipinski definition) is 3. The van der Waals surface area contributed by atoms with E-state index in [2.05, 4.69) is 10.3 Å². The lowest BCUT2D eigenvalue weighted by Crippen LogP contribution is -2.33. The highest BCUT2D eigenvalue weighted by Crippen LogP contribution is 2.16. The number of halogens is 1. The number of ether oxygens (including phenoxy) is 1. The van der Waals surface area contributed by atoms with Gasteiger partial charge < -0.3 is 20.9 Å². The van der Waals surface area contributed by atoms with Crippen molar-refractivity contribution in [3.63, 3.8) is 0 Å². The van der Waals surface area contributed by atoms with Gasteiger partial charge in [0.15, 0.2) is 17.5 Å². The molecule has 0 radical (unpaired) electrons. The maximum Gasteiger partial charge on any atom is 0.188 e. The zero-order valence-corrected chi connectivity index (χ0v) is 12.9. The number of nitrogens with one attached hydrogen (secondary N) is 1. The molecule has 0 amide bonds. The van der Waals surface area contributed by atoms with Crippen LogP contribution in [-0.2, 0) is 13.0 Å². The first-order valence-corrected chi connectivity index (χ1v) is 7.22. The Hall–Kier alpha value is -2.76. The highest BCUT2D eigenvalue weighted by molar-refractivity contribution is 5.77. The predicted molar refractivity (Wildman–Crippen MR) is 88.1 cm³/mol. The summed E-state index contributed by atoms with van der Waals surface area (Å²) in [5.41, 5.74) is 7.57. The first-order valence-electron chi connectivity index (χ1n) is 7.22. The molecule has 0 aliphatic rings. The van der Waals surface area contributed by atoms with Crippen LogP contribution in [0.15, 0.2) is 47.5 Å². The van der Waals surface area contributed by atoms with Gasteiger partial charge in [0.1, 0.15) is 5.75 Å². The molecule has 0 aromatic heterocycles. The summed E-state index contributed by atoms with van der Waals surface area (Å²) in [6.07, 6.45) is 0.800. The van der Waals surface area contributed by atoms with Gasteiger partial charge in [0.25, 0.3) is 0 Å². The fourth-order valence-corrected chi connectivity index (χ4v) is 2.01. The van der Waals surface area contributed by atoms with Crippen molar-refractivity contribution in [3.8, 4) is 11.5 Å². The van der Waals surface area contributed by atoms with Crippen molar-refractivity contribution in [1.82, 2.24) is 5.32 Å². The van der Waals surface area contributed by atoms with E-state index in [1.165, 1.54) is 12.1 Å². The number of rotatable bonds is 6. The molecule has 0 unspecified atom stereocenters. The zero-order chi connectivity index (χ0) is 16.7. The summed E-state index contributed by atoms with van der Waals surface area (Å²) in [5.74, 6) is 0.0861. The van der Waals surface area contributed by atoms with Gasteiger partial charge in [-0.25, -0.2) is 9.38 Å². The maximum atomic E-state index is 13.2. The van der Waals surface area contributed by atoms with Crippen molar-refractivity contribution >= 4 is 5.96 Å². The van der Waals surface area contributed by atoms with Crippen LogP contribution in [0.2, 0.25) is 0 Å². The zero-order valence-electron chi connectivity index (χ0n) is 12.9. The standard InChI is InChI=1S/C17H20FN3O2/c1-23-14-5-2-12(3-6-14)8-9-20-17(19)21-11-13-4-7-16(22)15(18)10-13/h2-7,10,22H,8-9,11H2,1H3,(H3,19,20,21). The Morgan fingerprint density at radius 1 is 1.22 bits per heavy atom. The first-order chi connectivity index (χ1) is 11.1. The largest absolute Gasteiger partial charge is 0.505 e. The third-order valence-corrected chi connectivity index (χ3v) is 3.32. The number of nitrogens with two attached hydrogens (primary N) is 1. The molecule has 0 bridgehead atoms. The number of nitrogens with zero attached hydrogens (tertiary/aromatic N) is 1. The number of aromatic hydroxyl groups is 1. The van der Waals surface area contributed by atoms with E-state index in [-0.39, 0.29) is 12.3 Å². The van der Waals surface area contributed by atoms with E-state index in [1.807, 2.05) is 24.3 Å². The number of guanidine groups is 1. The number of phenolic OH excluding ortho intramolecular Hbond substituents is 1. The Morgan fingerprint density at radius 2 is 1.91 bits per heavy atom. The normalized spacial score (nSPS) is 11.3. The van der Waals surface area contributed by atoms with E-state index >= 15 is 0 Å². The van der Waals surface area contributed by atoms with Crippen molar-refractivity contribution in [2.75, 3.05) is 13.7 Å². The average Bonchev–Trinajstić information content (AvgIpc) is 2.56. The van der Waals surface area contributed by atoms with Crippen LogP contribution in [0.3, 0.4) is 0 Å². The summed E-state index contributed by atoms with van der Waals surface area (Å²) in [5, 5.41) is 12.1. The van der Waals surface area contributed by atoms with Crippen molar-refractivity contribution in [1.29, 1.82) is 0 Å². The van der Waals surface area contributed by atoms with Gasteiger partial charge in [0.05, 0.1) is 13.7 Å². The van der Waals surface area contributed by atoms with E-state index in [0.717, 1.165) is 17.7 Å². The van der Waals surface area contributed by atoms with E-state index < -0.39 is 5.82 Å². The lowest BCUT2D eigenvalue weighted by Gasteiger charge is -2.07. The molecule has 23 heavy (non-hydrogen) atoms. The molecule has 0 spiro atoms. The Bertz CT molecular complexity index is 672. The quantitative estimate of drug-likeness (QED) is 0.563. The van der Waals surface area contributed by atoms with Gasteiger partial charge in [0, 0.05) is 6.54 Å². The summed E-state index contributed by atoms with van der Waals surface area (Å²) in [6.45, 7) is 0.893. The molecule has 2 rings (SSSR count). The number of phenols is 1. The molecule has 122 valence electrons. The minimum absolute atomic E-state index is 0.249. The lowest BCUT2D eigenvalue weighted by atomic mass is 10.1. The molecule has 4 N–H and O–H groups in total. The average molecular weight is 317 g/mol. The second-order valence-electron chi connectivity index (χ2n) is 5.01. The van der Waals surface area contributed by atoms with Gasteiger partial charge in [-0.1, -0.05) is 18.2 Å². The number of benzene rings is 2. The third kappa shape index (κ3) is 5.18. The van der Waals surface area contributed by atoms with Gasteiger partial charge in [-0.15, -0.1) is 0 Å². The van der Waals surface area contributed by atoms with E-state index in [9.17, 15) is 4.39 Å². The van der Waals surface area contributed by atoms with Gasteiger partial charge in [-0.05, 0) is 41.8 Å². The smallest absolute Gasteiger partial charge is 0.188 e. The van der Waals surface area contributed by atoms with Crippen LogP contribution < -0.4 is 15.8 Å². The number of methoxy groups -OCH3 is 1. The molecule has 0 fully saturated rings. The summed E-state index contributed by atoms with van der Waals surface area (Å²) < 4.78 is 18.3. The summed E-state index contributed by atoms with van der Waals surface area (Å²) >= 11 is 0. The van der Waals surface area contributed by atoms with E-state index in [1.54, 1.807) is 13.2 Å². The molecule has 5 nitrogen and oxygen atoms in total. The number of aliphatic imine (C=N–C) groups is 1. The van der Waals surface area contributed by atoms with Gasteiger partial charge >= 0.3 is 0 Å². The van der Waals surface area contributed by atoms with Gasteiger partial charge in [-0.3, -0.25) is 0 Å². The molecular weight excluding hydrogens is 297 g/mol. The Labute approximate surface area is 134 Å². The van der Waals surface area contributed by atoms with Crippen LogP contribution in [-0.4, -0.2) is 24.7 Å². The Morgan fingerprint density at radius 3 is 2.57 bits per heavy atom. The summed E-state index contributed by atoms with van der Waals surface area (Å²) in [7, 11) is 1.63. The van der Waals surface area contributed by atoms with Crippen molar-refractivity contribution in [3.05, 3.63) is 59.4 Å². The van der Waals surface area contributed by atoms with Crippen molar-refractivity contribution < 1.29 is 14.2 Å². The molecule has 6 heteroatoms. The monoisotopic (exact) mass is 317 g/mol. The van der Waals surface area contributed by atoms with Crippen molar-refractivity contribution in [2.24, 2.45) is 10.7 Å². The summed E-state index contributed by atoms with van der Waals surface area (Å²) in [6, 6.07) is 11.9. The number of hydrogen-bond acceptors (Lipinski definition) is 3. The van der Waals surface area contributed by atoms with Crippen LogP contribution in [0.1, 0.15) is 11.1 Å². The van der Waals surface area contributed by atoms with Crippen LogP contribution in [0.4, 0.5) is 4.39 Å². The van der Waals surface area contributed by atoms with E-state index in [0.29, 0.717) is 18.1 Å². The molecule has 2 aromatic rings. The minimum atomic E-state index is -0.663. The maximum absolute atomic E-state index is 13.2. The molecule has 0 atom stereocenters.